The second-order valence-electron chi connectivity index (χ2n) is 6.52. The summed E-state index contributed by atoms with van der Waals surface area (Å²) in [6.07, 6.45) is 0. The zero-order valence-corrected chi connectivity index (χ0v) is 13.4. The van der Waals surface area contributed by atoms with E-state index in [2.05, 4.69) is 15.3 Å². The number of fused-ring (bicyclic) bond motifs is 1. The van der Waals surface area contributed by atoms with E-state index in [1.165, 1.54) is 4.90 Å². The van der Waals surface area contributed by atoms with Gasteiger partial charge in [-0.15, -0.1) is 0 Å². The molecule has 2 aliphatic rings. The molecule has 7 nitrogen and oxygen atoms in total. The standard InChI is InChI=1S/C16H19N5O2/c1-4-21-14(22)11-12(15(21)23)16(2,3)18-13(11)9-7-5-6-8-10(9)19-20-17/h5-8,11-13,18H,4H2,1-3H3/t11?,12?,13-/m1/s1. The van der Waals surface area contributed by atoms with Crippen molar-refractivity contribution in [1.82, 2.24) is 10.2 Å². The molecule has 7 heteroatoms. The molecule has 2 amide bonds. The second kappa shape index (κ2) is 5.37. The largest absolute Gasteiger partial charge is 0.303 e. The van der Waals surface area contributed by atoms with Gasteiger partial charge in [-0.25, -0.2) is 0 Å². The number of imide groups is 1. The first-order valence-corrected chi connectivity index (χ1v) is 7.69. The van der Waals surface area contributed by atoms with Gasteiger partial charge in [0.2, 0.25) is 11.8 Å². The van der Waals surface area contributed by atoms with Crippen LogP contribution in [-0.4, -0.2) is 28.8 Å². The fourth-order valence-electron chi connectivity index (χ4n) is 3.90. The van der Waals surface area contributed by atoms with Crippen LogP contribution in [0, 0.1) is 11.8 Å². The first-order valence-electron chi connectivity index (χ1n) is 7.69. The topological polar surface area (TPSA) is 98.2 Å². The van der Waals surface area contributed by atoms with Gasteiger partial charge < -0.3 is 5.32 Å². The molecule has 2 heterocycles. The summed E-state index contributed by atoms with van der Waals surface area (Å²) in [6.45, 7) is 6.06. The summed E-state index contributed by atoms with van der Waals surface area (Å²) in [6, 6.07) is 6.84. The van der Waals surface area contributed by atoms with Crippen LogP contribution in [0.3, 0.4) is 0 Å². The van der Waals surface area contributed by atoms with Crippen LogP contribution in [0.25, 0.3) is 10.4 Å². The molecule has 0 saturated carbocycles. The van der Waals surface area contributed by atoms with Crippen LogP contribution in [0.2, 0.25) is 0 Å². The van der Waals surface area contributed by atoms with E-state index in [9.17, 15) is 9.59 Å². The molecule has 2 saturated heterocycles. The van der Waals surface area contributed by atoms with Crippen molar-refractivity contribution < 1.29 is 9.59 Å². The highest BCUT2D eigenvalue weighted by atomic mass is 16.2. The lowest BCUT2D eigenvalue weighted by molar-refractivity contribution is -0.140. The number of likely N-dealkylation sites (tertiary alicyclic amines) is 1. The summed E-state index contributed by atoms with van der Waals surface area (Å²) in [4.78, 5) is 29.5. The van der Waals surface area contributed by atoms with E-state index in [4.69, 9.17) is 5.53 Å². The van der Waals surface area contributed by atoms with Crippen LogP contribution in [0.5, 0.6) is 0 Å². The number of azide groups is 1. The van der Waals surface area contributed by atoms with E-state index in [1.807, 2.05) is 26.0 Å². The molecule has 2 unspecified atom stereocenters. The van der Waals surface area contributed by atoms with Crippen LogP contribution in [0.1, 0.15) is 32.4 Å². The monoisotopic (exact) mass is 313 g/mol. The molecule has 0 bridgehead atoms. The SMILES string of the molecule is CCN1C(=O)C2C(C1=O)C(C)(C)N[C@@H]2c1ccccc1N=[N+]=[N-]. The van der Waals surface area contributed by atoms with Gasteiger partial charge in [-0.05, 0) is 31.9 Å². The molecular formula is C16H19N5O2. The van der Waals surface area contributed by atoms with E-state index >= 15 is 0 Å². The number of hydrogen-bond acceptors (Lipinski definition) is 4. The van der Waals surface area contributed by atoms with Crippen molar-refractivity contribution in [1.29, 1.82) is 0 Å². The predicted molar refractivity (Wildman–Crippen MR) is 84.6 cm³/mol. The maximum Gasteiger partial charge on any atom is 0.235 e. The van der Waals surface area contributed by atoms with Crippen LogP contribution in [0.4, 0.5) is 5.69 Å². The van der Waals surface area contributed by atoms with Crippen LogP contribution in [0.15, 0.2) is 29.4 Å². The Kier molecular flexibility index (Phi) is 3.62. The van der Waals surface area contributed by atoms with Gasteiger partial charge in [0.1, 0.15) is 0 Å². The van der Waals surface area contributed by atoms with E-state index in [1.54, 1.807) is 19.1 Å². The number of carbonyl (C=O) groups is 2. The van der Waals surface area contributed by atoms with Gasteiger partial charge in [-0.3, -0.25) is 14.5 Å². The summed E-state index contributed by atoms with van der Waals surface area (Å²) in [5.41, 5.74) is 9.50. The van der Waals surface area contributed by atoms with E-state index in [-0.39, 0.29) is 17.9 Å². The molecule has 0 aromatic heterocycles. The number of carbonyl (C=O) groups excluding carboxylic acids is 2. The maximum atomic E-state index is 12.7. The van der Waals surface area contributed by atoms with Crippen molar-refractivity contribution in [3.63, 3.8) is 0 Å². The Morgan fingerprint density at radius 1 is 1.30 bits per heavy atom. The normalized spacial score (nSPS) is 28.7. The van der Waals surface area contributed by atoms with E-state index < -0.39 is 17.4 Å². The lowest BCUT2D eigenvalue weighted by atomic mass is 9.81. The predicted octanol–water partition coefficient (Wildman–Crippen LogP) is 2.67. The molecule has 120 valence electrons. The third-order valence-corrected chi connectivity index (χ3v) is 4.85. The molecule has 3 atom stereocenters. The van der Waals surface area contributed by atoms with Gasteiger partial charge in [0.05, 0.1) is 11.8 Å². The minimum absolute atomic E-state index is 0.122. The van der Waals surface area contributed by atoms with Gasteiger partial charge in [-0.2, -0.15) is 0 Å². The highest BCUT2D eigenvalue weighted by Crippen LogP contribution is 2.49. The van der Waals surface area contributed by atoms with E-state index in [0.717, 1.165) is 5.56 Å². The summed E-state index contributed by atoms with van der Waals surface area (Å²) in [7, 11) is 0. The van der Waals surface area contributed by atoms with Crippen LogP contribution in [-0.2, 0) is 9.59 Å². The van der Waals surface area contributed by atoms with Crippen molar-refractivity contribution in [3.05, 3.63) is 40.3 Å². The van der Waals surface area contributed by atoms with Crippen molar-refractivity contribution in [2.24, 2.45) is 17.0 Å². The van der Waals surface area contributed by atoms with Crippen molar-refractivity contribution in [2.75, 3.05) is 6.54 Å². The number of rotatable bonds is 3. The third kappa shape index (κ3) is 2.20. The van der Waals surface area contributed by atoms with Crippen molar-refractivity contribution in [3.8, 4) is 0 Å². The van der Waals surface area contributed by atoms with Crippen molar-refractivity contribution in [2.45, 2.75) is 32.4 Å². The quantitative estimate of drug-likeness (QED) is 0.402. The number of benzene rings is 1. The molecule has 1 N–H and O–H groups in total. The second-order valence-corrected chi connectivity index (χ2v) is 6.52. The molecule has 1 aromatic carbocycles. The first-order chi connectivity index (χ1) is 10.9. The molecule has 3 rings (SSSR count). The Bertz CT molecular complexity index is 723. The molecule has 0 radical (unpaired) electrons. The number of nitrogens with zero attached hydrogens (tertiary/aromatic N) is 4. The number of amides is 2. The van der Waals surface area contributed by atoms with Crippen LogP contribution < -0.4 is 5.32 Å². The Labute approximate surface area is 134 Å². The lowest BCUT2D eigenvalue weighted by Crippen LogP contribution is -2.45. The molecule has 2 fully saturated rings. The van der Waals surface area contributed by atoms with Gasteiger partial charge in [0.25, 0.3) is 0 Å². The average Bonchev–Trinajstić information content (AvgIpc) is 2.93. The van der Waals surface area contributed by atoms with Crippen molar-refractivity contribution >= 4 is 17.5 Å². The van der Waals surface area contributed by atoms with Crippen LogP contribution >= 0.6 is 0 Å². The van der Waals surface area contributed by atoms with Gasteiger partial charge in [0, 0.05) is 28.7 Å². The molecule has 0 aliphatic carbocycles. The average molecular weight is 313 g/mol. The molecule has 2 aliphatic heterocycles. The fraction of sp³-hybridized carbons (Fsp3) is 0.500. The maximum absolute atomic E-state index is 12.7. The third-order valence-electron chi connectivity index (χ3n) is 4.85. The smallest absolute Gasteiger partial charge is 0.235 e. The number of hydrogen-bond donors (Lipinski definition) is 1. The fourth-order valence-corrected chi connectivity index (χ4v) is 3.90. The number of nitrogens with one attached hydrogen (secondary N) is 1. The molecular weight excluding hydrogens is 294 g/mol. The molecule has 23 heavy (non-hydrogen) atoms. The molecule has 0 spiro atoms. The summed E-state index contributed by atoms with van der Waals surface area (Å²) >= 11 is 0. The first kappa shape index (κ1) is 15.5. The summed E-state index contributed by atoms with van der Waals surface area (Å²) in [5.74, 6) is -1.14. The minimum Gasteiger partial charge on any atom is -0.303 e. The Hall–Kier alpha value is -2.37. The zero-order chi connectivity index (χ0) is 16.8. The summed E-state index contributed by atoms with van der Waals surface area (Å²) in [5, 5.41) is 7.13. The highest BCUT2D eigenvalue weighted by molar-refractivity contribution is 6.06. The minimum atomic E-state index is -0.504. The van der Waals surface area contributed by atoms with Gasteiger partial charge in [0.15, 0.2) is 0 Å². The zero-order valence-electron chi connectivity index (χ0n) is 13.4. The van der Waals surface area contributed by atoms with E-state index in [0.29, 0.717) is 12.2 Å². The summed E-state index contributed by atoms with van der Waals surface area (Å²) < 4.78 is 0. The van der Waals surface area contributed by atoms with Gasteiger partial charge >= 0.3 is 0 Å². The lowest BCUT2D eigenvalue weighted by Gasteiger charge is -2.27. The Balaban J connectivity index is 2.11. The Morgan fingerprint density at radius 3 is 2.65 bits per heavy atom. The van der Waals surface area contributed by atoms with Gasteiger partial charge in [-0.1, -0.05) is 29.4 Å². The Morgan fingerprint density at radius 2 is 2.00 bits per heavy atom. The molecule has 1 aromatic rings. The highest BCUT2D eigenvalue weighted by Gasteiger charge is 2.61.